The zero-order valence-electron chi connectivity index (χ0n) is 17.4. The zero-order chi connectivity index (χ0) is 20.4. The van der Waals surface area contributed by atoms with Gasteiger partial charge in [0.25, 0.3) is 0 Å². The Labute approximate surface area is 167 Å². The van der Waals surface area contributed by atoms with Crippen molar-refractivity contribution in [1.82, 2.24) is 10.3 Å². The van der Waals surface area contributed by atoms with E-state index in [1.165, 1.54) is 5.56 Å². The summed E-state index contributed by atoms with van der Waals surface area (Å²) in [7, 11) is 1.66. The summed E-state index contributed by atoms with van der Waals surface area (Å²) >= 11 is 0. The molecule has 0 spiro atoms. The fourth-order valence-corrected chi connectivity index (χ4v) is 3.66. The number of likely N-dealkylation sites (N-methyl/N-ethyl adjacent to an activating group) is 1. The second-order valence-electron chi connectivity index (χ2n) is 8.15. The number of ether oxygens (including phenoxy) is 1. The van der Waals surface area contributed by atoms with Crippen molar-refractivity contribution in [2.75, 3.05) is 20.3 Å². The van der Waals surface area contributed by atoms with Crippen LogP contribution in [0.15, 0.2) is 54.6 Å². The van der Waals surface area contributed by atoms with Gasteiger partial charge in [-0.1, -0.05) is 58.0 Å². The molecule has 4 nitrogen and oxygen atoms in total. The Bertz CT molecular complexity index is 962. The van der Waals surface area contributed by atoms with E-state index in [0.717, 1.165) is 27.9 Å². The summed E-state index contributed by atoms with van der Waals surface area (Å²) in [6.07, 6.45) is 0. The van der Waals surface area contributed by atoms with Crippen LogP contribution in [0, 0.1) is 0 Å². The fourth-order valence-electron chi connectivity index (χ4n) is 3.66. The van der Waals surface area contributed by atoms with Crippen molar-refractivity contribution in [2.24, 2.45) is 0 Å². The van der Waals surface area contributed by atoms with Crippen molar-refractivity contribution in [3.63, 3.8) is 0 Å². The molecule has 4 heteroatoms. The number of hydrogen-bond acceptors (Lipinski definition) is 4. The summed E-state index contributed by atoms with van der Waals surface area (Å²) in [5.41, 5.74) is 2.88. The molecule has 0 aliphatic carbocycles. The second-order valence-corrected chi connectivity index (χ2v) is 8.15. The first-order valence-corrected chi connectivity index (χ1v) is 9.77. The summed E-state index contributed by atoms with van der Waals surface area (Å²) in [6.45, 7) is 9.13. The lowest BCUT2D eigenvalue weighted by Gasteiger charge is -2.35. The summed E-state index contributed by atoms with van der Waals surface area (Å²) < 4.78 is 5.70. The minimum Gasteiger partial charge on any atom is -0.496 e. The summed E-state index contributed by atoms with van der Waals surface area (Å²) in [5.74, 6) is 0.734. The Kier molecular flexibility index (Phi) is 5.73. The Morgan fingerprint density at radius 3 is 2.43 bits per heavy atom. The maximum Gasteiger partial charge on any atom is 0.124 e. The van der Waals surface area contributed by atoms with Crippen LogP contribution >= 0.6 is 0 Å². The highest BCUT2D eigenvalue weighted by Crippen LogP contribution is 2.38. The second kappa shape index (κ2) is 7.90. The molecule has 0 amide bonds. The van der Waals surface area contributed by atoms with E-state index >= 15 is 0 Å². The molecule has 0 aliphatic heterocycles. The molecule has 0 radical (unpaired) electrons. The van der Waals surface area contributed by atoms with Crippen LogP contribution in [0.25, 0.3) is 10.9 Å². The normalized spacial score (nSPS) is 14.1. The van der Waals surface area contributed by atoms with Gasteiger partial charge in [-0.15, -0.1) is 0 Å². The van der Waals surface area contributed by atoms with Gasteiger partial charge in [0.15, 0.2) is 0 Å². The fraction of sp³-hybridized carbons (Fsp3) is 0.375. The predicted molar refractivity (Wildman–Crippen MR) is 115 cm³/mol. The molecule has 3 aromatic rings. The number of pyridine rings is 1. The van der Waals surface area contributed by atoms with Crippen LogP contribution in [0.5, 0.6) is 5.75 Å². The van der Waals surface area contributed by atoms with Crippen molar-refractivity contribution in [3.8, 4) is 5.75 Å². The molecule has 3 rings (SSSR count). The van der Waals surface area contributed by atoms with Gasteiger partial charge in [0, 0.05) is 10.9 Å². The number of aliphatic hydroxyl groups excluding tert-OH is 1. The number of aliphatic hydroxyl groups is 1. The standard InChI is InChI=1S/C24H30N2O2/c1-6-25-24(16-27,22-14-11-17-9-7-8-10-20(17)26-22)19-15-18(23(2,3)4)12-13-21(19)28-5/h7-15,25,27H,6,16H2,1-5H3. The highest BCUT2D eigenvalue weighted by molar-refractivity contribution is 5.78. The summed E-state index contributed by atoms with van der Waals surface area (Å²) in [4.78, 5) is 4.90. The van der Waals surface area contributed by atoms with Gasteiger partial charge in [-0.05, 0) is 41.8 Å². The van der Waals surface area contributed by atoms with E-state index in [1.54, 1.807) is 7.11 Å². The van der Waals surface area contributed by atoms with Gasteiger partial charge in [-0.25, -0.2) is 0 Å². The number of fused-ring (bicyclic) bond motifs is 1. The minimum atomic E-state index is -0.856. The highest BCUT2D eigenvalue weighted by atomic mass is 16.5. The van der Waals surface area contributed by atoms with Gasteiger partial charge in [0.1, 0.15) is 11.3 Å². The maximum atomic E-state index is 10.6. The van der Waals surface area contributed by atoms with Gasteiger partial charge in [-0.3, -0.25) is 4.98 Å². The molecule has 0 saturated carbocycles. The molecule has 1 unspecified atom stereocenters. The molecule has 1 aromatic heterocycles. The molecule has 1 atom stereocenters. The van der Waals surface area contributed by atoms with Crippen LogP contribution in [-0.4, -0.2) is 30.4 Å². The first kappa shape index (κ1) is 20.3. The molecule has 1 heterocycles. The number of rotatable bonds is 6. The number of aromatic nitrogens is 1. The Morgan fingerprint density at radius 2 is 1.79 bits per heavy atom. The third-order valence-corrected chi connectivity index (χ3v) is 5.28. The molecule has 0 bridgehead atoms. The van der Waals surface area contributed by atoms with Crippen LogP contribution < -0.4 is 10.1 Å². The molecule has 0 aliphatic rings. The molecule has 2 N–H and O–H groups in total. The van der Waals surface area contributed by atoms with E-state index in [4.69, 9.17) is 9.72 Å². The van der Waals surface area contributed by atoms with Crippen molar-refractivity contribution in [1.29, 1.82) is 0 Å². The molecule has 28 heavy (non-hydrogen) atoms. The van der Waals surface area contributed by atoms with Crippen LogP contribution in [0.4, 0.5) is 0 Å². The van der Waals surface area contributed by atoms with Gasteiger partial charge < -0.3 is 15.2 Å². The van der Waals surface area contributed by atoms with Gasteiger partial charge in [0.2, 0.25) is 0 Å². The first-order chi connectivity index (χ1) is 13.4. The van der Waals surface area contributed by atoms with Gasteiger partial charge in [-0.2, -0.15) is 0 Å². The van der Waals surface area contributed by atoms with E-state index < -0.39 is 5.54 Å². The number of methoxy groups -OCH3 is 1. The lowest BCUT2D eigenvalue weighted by atomic mass is 9.80. The summed E-state index contributed by atoms with van der Waals surface area (Å²) in [5, 5.41) is 15.2. The van der Waals surface area contributed by atoms with E-state index in [1.807, 2.05) is 43.3 Å². The first-order valence-electron chi connectivity index (χ1n) is 9.77. The van der Waals surface area contributed by atoms with Crippen molar-refractivity contribution in [2.45, 2.75) is 38.6 Å². The van der Waals surface area contributed by atoms with E-state index in [2.05, 4.69) is 44.3 Å². The predicted octanol–water partition coefficient (Wildman–Crippen LogP) is 4.39. The number of hydrogen-bond donors (Lipinski definition) is 2. The molecule has 148 valence electrons. The van der Waals surface area contributed by atoms with Crippen LogP contribution in [0.3, 0.4) is 0 Å². The number of nitrogens with zero attached hydrogens (tertiary/aromatic N) is 1. The monoisotopic (exact) mass is 378 g/mol. The average molecular weight is 379 g/mol. The molecule has 0 saturated heterocycles. The van der Waals surface area contributed by atoms with Gasteiger partial charge in [0.05, 0.1) is 24.9 Å². The Hall–Kier alpha value is -2.43. The van der Waals surface area contributed by atoms with E-state index in [9.17, 15) is 5.11 Å². The zero-order valence-corrected chi connectivity index (χ0v) is 17.4. The lowest BCUT2D eigenvalue weighted by Crippen LogP contribution is -2.47. The van der Waals surface area contributed by atoms with Crippen molar-refractivity contribution >= 4 is 10.9 Å². The number of benzene rings is 2. The van der Waals surface area contributed by atoms with Crippen molar-refractivity contribution in [3.05, 3.63) is 71.4 Å². The molecule has 2 aromatic carbocycles. The van der Waals surface area contributed by atoms with E-state index in [-0.39, 0.29) is 12.0 Å². The molecular formula is C24H30N2O2. The SMILES string of the molecule is CCNC(CO)(c1ccc2ccccc2n1)c1cc(C(C)(C)C)ccc1OC. The third-order valence-electron chi connectivity index (χ3n) is 5.28. The third kappa shape index (κ3) is 3.62. The number of para-hydroxylation sites is 1. The quantitative estimate of drug-likeness (QED) is 0.668. The van der Waals surface area contributed by atoms with Crippen molar-refractivity contribution < 1.29 is 9.84 Å². The van der Waals surface area contributed by atoms with Crippen LogP contribution in [-0.2, 0) is 11.0 Å². The van der Waals surface area contributed by atoms with Crippen LogP contribution in [0.2, 0.25) is 0 Å². The molecule has 0 fully saturated rings. The number of nitrogens with one attached hydrogen (secondary N) is 1. The smallest absolute Gasteiger partial charge is 0.124 e. The average Bonchev–Trinajstić information content (AvgIpc) is 2.70. The highest BCUT2D eigenvalue weighted by Gasteiger charge is 2.38. The molecular weight excluding hydrogens is 348 g/mol. The topological polar surface area (TPSA) is 54.4 Å². The Morgan fingerprint density at radius 1 is 1.04 bits per heavy atom. The van der Waals surface area contributed by atoms with Gasteiger partial charge >= 0.3 is 0 Å². The van der Waals surface area contributed by atoms with Crippen LogP contribution in [0.1, 0.15) is 44.5 Å². The van der Waals surface area contributed by atoms with E-state index in [0.29, 0.717) is 6.54 Å². The maximum absolute atomic E-state index is 10.6. The Balaban J connectivity index is 2.29. The minimum absolute atomic E-state index is 0.0226. The lowest BCUT2D eigenvalue weighted by molar-refractivity contribution is 0.186. The summed E-state index contributed by atoms with van der Waals surface area (Å²) in [6, 6.07) is 18.3. The largest absolute Gasteiger partial charge is 0.496 e.